The number of hydrogen-bond acceptors (Lipinski definition) is 1. The number of fused-ring (bicyclic) bond motifs is 5. The zero-order valence-corrected chi connectivity index (χ0v) is 13.8. The van der Waals surface area contributed by atoms with Crippen LogP contribution in [0.2, 0.25) is 0 Å². The van der Waals surface area contributed by atoms with Crippen LogP contribution in [0.4, 0.5) is 0 Å². The van der Waals surface area contributed by atoms with Gasteiger partial charge in [-0.1, -0.05) is 33.3 Å². The molecule has 0 heterocycles. The van der Waals surface area contributed by atoms with Crippen LogP contribution in [0.15, 0.2) is 12.2 Å². The lowest BCUT2D eigenvalue weighted by atomic mass is 9.45. The Balaban J connectivity index is 1.68. The van der Waals surface area contributed by atoms with Crippen molar-refractivity contribution in [3.63, 3.8) is 0 Å². The number of carbonyl (C=O) groups excluding carboxylic acids is 1. The molecule has 0 aromatic rings. The Morgan fingerprint density at radius 1 is 1.00 bits per heavy atom. The molecule has 0 saturated heterocycles. The quantitative estimate of drug-likeness (QED) is 0.562. The third kappa shape index (κ3) is 1.72. The fraction of sp³-hybridized carbons (Fsp3) is 0.850. The van der Waals surface area contributed by atoms with Gasteiger partial charge in [0.25, 0.3) is 0 Å². The molecule has 4 saturated carbocycles. The molecule has 116 valence electrons. The van der Waals surface area contributed by atoms with E-state index in [1.807, 2.05) is 0 Å². The maximum absolute atomic E-state index is 12.6. The lowest BCUT2D eigenvalue weighted by molar-refractivity contribution is -0.137. The van der Waals surface area contributed by atoms with E-state index in [4.69, 9.17) is 0 Å². The number of carbonyl (C=O) groups is 1. The van der Waals surface area contributed by atoms with Gasteiger partial charge in [0.15, 0.2) is 5.78 Å². The number of rotatable bonds is 0. The number of hydrogen-bond donors (Lipinski definition) is 0. The van der Waals surface area contributed by atoms with Crippen molar-refractivity contribution < 1.29 is 4.79 Å². The first-order valence-corrected chi connectivity index (χ1v) is 9.19. The van der Waals surface area contributed by atoms with Crippen molar-refractivity contribution in [2.45, 2.75) is 71.6 Å². The van der Waals surface area contributed by atoms with Crippen molar-refractivity contribution in [1.29, 1.82) is 0 Å². The van der Waals surface area contributed by atoms with Crippen molar-refractivity contribution in [1.82, 2.24) is 0 Å². The van der Waals surface area contributed by atoms with Gasteiger partial charge in [0.1, 0.15) is 0 Å². The lowest BCUT2D eigenvalue weighted by Gasteiger charge is -2.59. The monoisotopic (exact) mass is 286 g/mol. The van der Waals surface area contributed by atoms with E-state index in [9.17, 15) is 4.79 Å². The third-order valence-electron chi connectivity index (χ3n) is 8.28. The molecule has 0 aliphatic heterocycles. The van der Waals surface area contributed by atoms with Crippen LogP contribution in [-0.4, -0.2) is 5.78 Å². The van der Waals surface area contributed by atoms with E-state index in [0.29, 0.717) is 17.1 Å². The van der Waals surface area contributed by atoms with Crippen LogP contribution in [0.5, 0.6) is 0 Å². The molecule has 0 amide bonds. The smallest absolute Gasteiger partial charge is 0.164 e. The lowest BCUT2D eigenvalue weighted by Crippen LogP contribution is -2.52. The highest BCUT2D eigenvalue weighted by molar-refractivity contribution is 6.02. The highest BCUT2D eigenvalue weighted by Crippen LogP contribution is 2.65. The highest BCUT2D eigenvalue weighted by Gasteiger charge is 2.60. The second kappa shape index (κ2) is 4.46. The summed E-state index contributed by atoms with van der Waals surface area (Å²) in [5.41, 5.74) is 1.45. The summed E-state index contributed by atoms with van der Waals surface area (Å²) < 4.78 is 0. The normalized spacial score (nSPS) is 53.0. The Kier molecular flexibility index (Phi) is 2.98. The standard InChI is InChI=1S/C20H30O/c1-13-12-17-15-8-7-14-6-4-5-10-19(14,2)16(15)9-11-20(17,3)18(13)21/h14-17H,1,4-12H2,2-3H3/t14-,15-,16+,17+,19+,20+/m1/s1. The van der Waals surface area contributed by atoms with Crippen LogP contribution < -0.4 is 0 Å². The van der Waals surface area contributed by atoms with Crippen LogP contribution in [0.25, 0.3) is 0 Å². The second-order valence-electron chi connectivity index (χ2n) is 9.00. The van der Waals surface area contributed by atoms with Gasteiger partial charge < -0.3 is 0 Å². The summed E-state index contributed by atoms with van der Waals surface area (Å²) >= 11 is 0. The Morgan fingerprint density at radius 3 is 2.62 bits per heavy atom. The molecular weight excluding hydrogens is 256 g/mol. The summed E-state index contributed by atoms with van der Waals surface area (Å²) in [7, 11) is 0. The first kappa shape index (κ1) is 14.0. The number of Topliss-reactive ketones (excluding diaryl/α,β-unsaturated/α-hetero) is 1. The predicted octanol–water partition coefficient (Wildman–Crippen LogP) is 5.15. The van der Waals surface area contributed by atoms with E-state index in [-0.39, 0.29) is 5.41 Å². The van der Waals surface area contributed by atoms with Crippen LogP contribution in [0.1, 0.15) is 71.6 Å². The minimum absolute atomic E-state index is 0.0594. The van der Waals surface area contributed by atoms with Crippen LogP contribution in [0.3, 0.4) is 0 Å². The summed E-state index contributed by atoms with van der Waals surface area (Å²) in [6.45, 7) is 8.94. The molecule has 1 heteroatoms. The van der Waals surface area contributed by atoms with E-state index < -0.39 is 0 Å². The summed E-state index contributed by atoms with van der Waals surface area (Å²) in [4.78, 5) is 12.6. The fourth-order valence-corrected chi connectivity index (χ4v) is 7.04. The van der Waals surface area contributed by atoms with Gasteiger partial charge >= 0.3 is 0 Å². The van der Waals surface area contributed by atoms with Gasteiger partial charge in [-0.2, -0.15) is 0 Å². The van der Waals surface area contributed by atoms with Crippen molar-refractivity contribution in [2.75, 3.05) is 0 Å². The van der Waals surface area contributed by atoms with Gasteiger partial charge in [-0.3, -0.25) is 4.79 Å². The summed E-state index contributed by atoms with van der Waals surface area (Å²) in [6.07, 6.45) is 12.0. The third-order valence-corrected chi connectivity index (χ3v) is 8.28. The molecule has 0 radical (unpaired) electrons. The maximum atomic E-state index is 12.6. The molecule has 4 aliphatic rings. The van der Waals surface area contributed by atoms with Crippen LogP contribution in [0, 0.1) is 34.5 Å². The van der Waals surface area contributed by atoms with Crippen molar-refractivity contribution in [3.05, 3.63) is 12.2 Å². The molecular formula is C20H30O. The molecule has 0 spiro atoms. The average Bonchev–Trinajstić information content (AvgIpc) is 2.70. The molecule has 0 bridgehead atoms. The van der Waals surface area contributed by atoms with Gasteiger partial charge in [-0.05, 0) is 79.6 Å². The average molecular weight is 286 g/mol. The van der Waals surface area contributed by atoms with E-state index in [1.165, 1.54) is 44.9 Å². The van der Waals surface area contributed by atoms with Gasteiger partial charge in [0, 0.05) is 5.41 Å². The van der Waals surface area contributed by atoms with Crippen molar-refractivity contribution in [3.8, 4) is 0 Å². The zero-order valence-electron chi connectivity index (χ0n) is 13.8. The highest BCUT2D eigenvalue weighted by atomic mass is 16.1. The van der Waals surface area contributed by atoms with Gasteiger partial charge in [-0.15, -0.1) is 0 Å². The van der Waals surface area contributed by atoms with Crippen molar-refractivity contribution in [2.24, 2.45) is 34.5 Å². The SMILES string of the molecule is C=C1C[C@H]2[C@@H]3CC[C@H]4CCCC[C@]4(C)[C@H]3CC[C@]2(C)C1=O. The molecule has 0 aromatic heterocycles. The fourth-order valence-electron chi connectivity index (χ4n) is 7.04. The molecule has 1 nitrogen and oxygen atoms in total. The maximum Gasteiger partial charge on any atom is 0.164 e. The Hall–Kier alpha value is -0.590. The van der Waals surface area contributed by atoms with E-state index in [2.05, 4.69) is 20.4 Å². The topological polar surface area (TPSA) is 17.1 Å². The second-order valence-corrected chi connectivity index (χ2v) is 9.00. The van der Waals surface area contributed by atoms with Gasteiger partial charge in [0.2, 0.25) is 0 Å². The largest absolute Gasteiger partial charge is 0.294 e. The summed E-state index contributed by atoms with van der Waals surface area (Å²) in [5.74, 6) is 3.66. The van der Waals surface area contributed by atoms with Gasteiger partial charge in [0.05, 0.1) is 0 Å². The molecule has 0 N–H and O–H groups in total. The Morgan fingerprint density at radius 2 is 1.81 bits per heavy atom. The van der Waals surface area contributed by atoms with E-state index >= 15 is 0 Å². The zero-order chi connectivity index (χ0) is 14.8. The first-order chi connectivity index (χ1) is 9.97. The molecule has 21 heavy (non-hydrogen) atoms. The summed E-state index contributed by atoms with van der Waals surface area (Å²) in [6, 6.07) is 0. The number of ketones is 1. The van der Waals surface area contributed by atoms with E-state index in [1.54, 1.807) is 0 Å². The molecule has 4 fully saturated rings. The number of allylic oxidation sites excluding steroid dienone is 1. The first-order valence-electron chi connectivity index (χ1n) is 9.19. The van der Waals surface area contributed by atoms with Crippen molar-refractivity contribution >= 4 is 5.78 Å². The molecule has 0 aromatic carbocycles. The van der Waals surface area contributed by atoms with Crippen LogP contribution >= 0.6 is 0 Å². The van der Waals surface area contributed by atoms with Crippen LogP contribution in [-0.2, 0) is 4.79 Å². The summed E-state index contributed by atoms with van der Waals surface area (Å²) in [5, 5.41) is 0. The van der Waals surface area contributed by atoms with Gasteiger partial charge in [-0.25, -0.2) is 0 Å². The molecule has 4 aliphatic carbocycles. The molecule has 0 unspecified atom stereocenters. The molecule has 6 atom stereocenters. The Bertz CT molecular complexity index is 492. The minimum Gasteiger partial charge on any atom is -0.294 e. The minimum atomic E-state index is -0.0594. The molecule has 4 rings (SSSR count). The van der Waals surface area contributed by atoms with E-state index in [0.717, 1.165) is 36.2 Å². The Labute approximate surface area is 129 Å². The predicted molar refractivity (Wildman–Crippen MR) is 85.9 cm³/mol.